The van der Waals surface area contributed by atoms with E-state index in [0.717, 1.165) is 56.0 Å². The van der Waals surface area contributed by atoms with Crippen LogP contribution in [0.1, 0.15) is 43.5 Å². The van der Waals surface area contributed by atoms with Crippen LogP contribution in [0.4, 0.5) is 0 Å². The van der Waals surface area contributed by atoms with Crippen LogP contribution in [0.3, 0.4) is 0 Å². The van der Waals surface area contributed by atoms with Gasteiger partial charge in [-0.2, -0.15) is 4.98 Å². The molecule has 1 aromatic carbocycles. The molecule has 0 aliphatic carbocycles. The fourth-order valence-electron chi connectivity index (χ4n) is 3.17. The fraction of sp³-hybridized carbons (Fsp3) is 0.550. The first-order valence-electron chi connectivity index (χ1n) is 9.63. The second-order valence-corrected chi connectivity index (χ2v) is 7.00. The summed E-state index contributed by atoms with van der Waals surface area (Å²) in [5.74, 6) is 2.16. The average Bonchev–Trinajstić information content (AvgIpc) is 3.15. The van der Waals surface area contributed by atoms with Gasteiger partial charge >= 0.3 is 0 Å². The standard InChI is InChI=1S/C20H28N4O3/c1-3-18-21-19(27-22-18)14-23(2)13-16-7-9-17(10-8-16)26-15-20(25)24-11-5-4-6-12-24/h7-10H,3-6,11-15H2,1-2H3. The van der Waals surface area contributed by atoms with E-state index < -0.39 is 0 Å². The number of aromatic nitrogens is 2. The Kier molecular flexibility index (Phi) is 6.81. The van der Waals surface area contributed by atoms with Crippen molar-refractivity contribution in [1.29, 1.82) is 0 Å². The molecule has 27 heavy (non-hydrogen) atoms. The highest BCUT2D eigenvalue weighted by Gasteiger charge is 2.16. The van der Waals surface area contributed by atoms with Gasteiger partial charge in [0.25, 0.3) is 5.91 Å². The summed E-state index contributed by atoms with van der Waals surface area (Å²) in [7, 11) is 2.01. The van der Waals surface area contributed by atoms with Crippen LogP contribution >= 0.6 is 0 Å². The zero-order valence-electron chi connectivity index (χ0n) is 16.2. The molecule has 0 atom stereocenters. The minimum absolute atomic E-state index is 0.0736. The van der Waals surface area contributed by atoms with Gasteiger partial charge in [0.15, 0.2) is 12.4 Å². The van der Waals surface area contributed by atoms with E-state index in [9.17, 15) is 4.79 Å². The van der Waals surface area contributed by atoms with Gasteiger partial charge in [-0.15, -0.1) is 0 Å². The van der Waals surface area contributed by atoms with E-state index in [2.05, 4.69) is 15.0 Å². The number of aryl methyl sites for hydroxylation is 1. The monoisotopic (exact) mass is 372 g/mol. The highest BCUT2D eigenvalue weighted by Crippen LogP contribution is 2.15. The molecule has 7 heteroatoms. The quantitative estimate of drug-likeness (QED) is 0.709. The molecule has 1 aromatic heterocycles. The summed E-state index contributed by atoms with van der Waals surface area (Å²) in [6.45, 7) is 5.19. The normalized spacial score (nSPS) is 14.6. The molecule has 0 spiro atoms. The zero-order valence-corrected chi connectivity index (χ0v) is 16.2. The Hall–Kier alpha value is -2.41. The van der Waals surface area contributed by atoms with Crippen LogP contribution in [0.2, 0.25) is 0 Å². The van der Waals surface area contributed by atoms with Gasteiger partial charge < -0.3 is 14.2 Å². The minimum Gasteiger partial charge on any atom is -0.484 e. The van der Waals surface area contributed by atoms with Crippen LogP contribution in [0.15, 0.2) is 28.8 Å². The van der Waals surface area contributed by atoms with Crippen LogP contribution in [-0.4, -0.2) is 52.6 Å². The third-order valence-corrected chi connectivity index (χ3v) is 4.68. The van der Waals surface area contributed by atoms with Crippen LogP contribution in [0.5, 0.6) is 5.75 Å². The molecule has 1 aliphatic rings. The maximum Gasteiger partial charge on any atom is 0.260 e. The number of carbonyl (C=O) groups is 1. The number of rotatable bonds is 8. The number of hydrogen-bond acceptors (Lipinski definition) is 6. The third-order valence-electron chi connectivity index (χ3n) is 4.68. The molecule has 2 aromatic rings. The van der Waals surface area contributed by atoms with Crippen molar-refractivity contribution in [1.82, 2.24) is 19.9 Å². The van der Waals surface area contributed by atoms with Crippen molar-refractivity contribution in [3.8, 4) is 5.75 Å². The third kappa shape index (κ3) is 5.79. The number of ether oxygens (including phenoxy) is 1. The predicted octanol–water partition coefficient (Wildman–Crippen LogP) is 2.66. The Bertz CT molecular complexity index is 723. The van der Waals surface area contributed by atoms with E-state index in [1.165, 1.54) is 6.42 Å². The molecule has 2 heterocycles. The van der Waals surface area contributed by atoms with Crippen molar-refractivity contribution in [2.45, 2.75) is 45.7 Å². The summed E-state index contributed by atoms with van der Waals surface area (Å²) < 4.78 is 10.9. The van der Waals surface area contributed by atoms with Crippen LogP contribution < -0.4 is 4.74 Å². The zero-order chi connectivity index (χ0) is 19.1. The lowest BCUT2D eigenvalue weighted by atomic mass is 10.1. The van der Waals surface area contributed by atoms with Crippen molar-refractivity contribution < 1.29 is 14.1 Å². The van der Waals surface area contributed by atoms with E-state index in [0.29, 0.717) is 12.4 Å². The number of nitrogens with zero attached hydrogens (tertiary/aromatic N) is 4. The number of likely N-dealkylation sites (tertiary alicyclic amines) is 1. The Morgan fingerprint density at radius 3 is 2.59 bits per heavy atom. The number of amides is 1. The Morgan fingerprint density at radius 1 is 1.19 bits per heavy atom. The summed E-state index contributed by atoms with van der Waals surface area (Å²) >= 11 is 0. The van der Waals surface area contributed by atoms with Crippen LogP contribution in [-0.2, 0) is 24.3 Å². The predicted molar refractivity (Wildman–Crippen MR) is 101 cm³/mol. The summed E-state index contributed by atoms with van der Waals surface area (Å²) in [5.41, 5.74) is 1.16. The molecule has 1 amide bonds. The lowest BCUT2D eigenvalue weighted by Gasteiger charge is -2.26. The van der Waals surface area contributed by atoms with E-state index in [1.54, 1.807) is 0 Å². The molecular formula is C20H28N4O3. The molecule has 1 saturated heterocycles. The fourth-order valence-corrected chi connectivity index (χ4v) is 3.17. The molecule has 1 fully saturated rings. The van der Waals surface area contributed by atoms with E-state index in [-0.39, 0.29) is 12.5 Å². The first-order chi connectivity index (χ1) is 13.1. The lowest BCUT2D eigenvalue weighted by Crippen LogP contribution is -2.38. The van der Waals surface area contributed by atoms with Gasteiger partial charge in [-0.25, -0.2) is 0 Å². The van der Waals surface area contributed by atoms with Gasteiger partial charge in [-0.1, -0.05) is 24.2 Å². The second-order valence-electron chi connectivity index (χ2n) is 7.00. The Labute approximate surface area is 160 Å². The number of piperidine rings is 1. The summed E-state index contributed by atoms with van der Waals surface area (Å²) in [6, 6.07) is 7.86. The molecule has 0 N–H and O–H groups in total. The van der Waals surface area contributed by atoms with E-state index >= 15 is 0 Å². The minimum atomic E-state index is 0.0736. The smallest absolute Gasteiger partial charge is 0.260 e. The first kappa shape index (κ1) is 19.4. The van der Waals surface area contributed by atoms with Gasteiger partial charge in [0.1, 0.15) is 5.75 Å². The largest absolute Gasteiger partial charge is 0.484 e. The maximum absolute atomic E-state index is 12.2. The summed E-state index contributed by atoms with van der Waals surface area (Å²) in [5, 5.41) is 3.91. The molecular weight excluding hydrogens is 344 g/mol. The van der Waals surface area contributed by atoms with Gasteiger partial charge in [0, 0.05) is 26.1 Å². The van der Waals surface area contributed by atoms with Crippen molar-refractivity contribution in [3.05, 3.63) is 41.5 Å². The van der Waals surface area contributed by atoms with Crippen molar-refractivity contribution in [2.75, 3.05) is 26.7 Å². The molecule has 0 unspecified atom stereocenters. The lowest BCUT2D eigenvalue weighted by molar-refractivity contribution is -0.134. The molecule has 0 saturated carbocycles. The van der Waals surface area contributed by atoms with Crippen molar-refractivity contribution in [3.63, 3.8) is 0 Å². The van der Waals surface area contributed by atoms with Gasteiger partial charge in [-0.05, 0) is 44.0 Å². The highest BCUT2D eigenvalue weighted by atomic mass is 16.5. The van der Waals surface area contributed by atoms with Gasteiger partial charge in [-0.3, -0.25) is 9.69 Å². The first-order valence-corrected chi connectivity index (χ1v) is 9.63. The maximum atomic E-state index is 12.2. The summed E-state index contributed by atoms with van der Waals surface area (Å²) in [4.78, 5) is 20.5. The second kappa shape index (κ2) is 9.50. The SMILES string of the molecule is CCc1noc(CN(C)Cc2ccc(OCC(=O)N3CCCCC3)cc2)n1. The number of carbonyl (C=O) groups excluding carboxylic acids is 1. The van der Waals surface area contributed by atoms with Crippen LogP contribution in [0.25, 0.3) is 0 Å². The van der Waals surface area contributed by atoms with Gasteiger partial charge in [0.05, 0.1) is 6.54 Å². The highest BCUT2D eigenvalue weighted by molar-refractivity contribution is 5.77. The Balaban J connectivity index is 1.44. The van der Waals surface area contributed by atoms with Crippen molar-refractivity contribution in [2.24, 2.45) is 0 Å². The van der Waals surface area contributed by atoms with Gasteiger partial charge in [0.2, 0.25) is 5.89 Å². The topological polar surface area (TPSA) is 71.7 Å². The molecule has 0 bridgehead atoms. The Morgan fingerprint density at radius 2 is 1.93 bits per heavy atom. The molecule has 146 valence electrons. The summed E-state index contributed by atoms with van der Waals surface area (Å²) in [6.07, 6.45) is 4.18. The number of benzene rings is 1. The molecule has 1 aliphatic heterocycles. The van der Waals surface area contributed by atoms with Crippen molar-refractivity contribution >= 4 is 5.91 Å². The molecule has 7 nitrogen and oxygen atoms in total. The molecule has 3 rings (SSSR count). The van der Waals surface area contributed by atoms with Crippen LogP contribution in [0, 0.1) is 0 Å². The number of hydrogen-bond donors (Lipinski definition) is 0. The van der Waals surface area contributed by atoms with E-state index in [1.807, 2.05) is 43.1 Å². The average molecular weight is 372 g/mol. The molecule has 0 radical (unpaired) electrons. The van der Waals surface area contributed by atoms with E-state index in [4.69, 9.17) is 9.26 Å².